The maximum Gasteiger partial charge on any atom is 0.412 e. The summed E-state index contributed by atoms with van der Waals surface area (Å²) in [5.74, 6) is 0.147. The highest BCUT2D eigenvalue weighted by Crippen LogP contribution is 2.33. The van der Waals surface area contributed by atoms with E-state index in [2.05, 4.69) is 0 Å². The standard InChI is InChI=1S/C10H12F3/c1-7(2)8-4-3-5-9(6-8)10(11,12)13/h3-4,6-7H,5H2,1-2H3. The van der Waals surface area contributed by atoms with Gasteiger partial charge in [-0.25, -0.2) is 0 Å². The van der Waals surface area contributed by atoms with Gasteiger partial charge in [-0.3, -0.25) is 0 Å². The number of alkyl halides is 3. The van der Waals surface area contributed by atoms with E-state index in [0.717, 1.165) is 5.57 Å². The van der Waals surface area contributed by atoms with Gasteiger partial charge in [0.05, 0.1) is 0 Å². The number of halogens is 3. The lowest BCUT2D eigenvalue weighted by Gasteiger charge is -2.17. The Morgan fingerprint density at radius 2 is 1.92 bits per heavy atom. The molecule has 0 atom stereocenters. The Morgan fingerprint density at radius 1 is 1.31 bits per heavy atom. The molecule has 0 unspecified atom stereocenters. The summed E-state index contributed by atoms with van der Waals surface area (Å²) >= 11 is 0. The first-order valence-electron chi connectivity index (χ1n) is 4.22. The van der Waals surface area contributed by atoms with Gasteiger partial charge in [0.25, 0.3) is 0 Å². The van der Waals surface area contributed by atoms with E-state index in [1.54, 1.807) is 12.5 Å². The van der Waals surface area contributed by atoms with Gasteiger partial charge in [0, 0.05) is 5.57 Å². The average Bonchev–Trinajstić information content (AvgIpc) is 2.03. The van der Waals surface area contributed by atoms with Crippen LogP contribution < -0.4 is 0 Å². The normalized spacial score (nSPS) is 18.6. The van der Waals surface area contributed by atoms with Crippen molar-refractivity contribution in [2.45, 2.75) is 26.4 Å². The summed E-state index contributed by atoms with van der Waals surface area (Å²) in [5, 5.41) is 0. The molecular weight excluding hydrogens is 177 g/mol. The quantitative estimate of drug-likeness (QED) is 0.590. The van der Waals surface area contributed by atoms with Gasteiger partial charge in [-0.05, 0) is 24.3 Å². The molecule has 1 aliphatic carbocycles. The van der Waals surface area contributed by atoms with Crippen molar-refractivity contribution in [2.24, 2.45) is 5.92 Å². The fourth-order valence-corrected chi connectivity index (χ4v) is 1.19. The first-order valence-corrected chi connectivity index (χ1v) is 4.22. The van der Waals surface area contributed by atoms with E-state index in [0.29, 0.717) is 0 Å². The summed E-state index contributed by atoms with van der Waals surface area (Å²) in [6.07, 6.45) is 0.410. The molecule has 0 aromatic carbocycles. The van der Waals surface area contributed by atoms with Crippen molar-refractivity contribution in [2.75, 3.05) is 0 Å². The average molecular weight is 189 g/mol. The van der Waals surface area contributed by atoms with Gasteiger partial charge in [-0.1, -0.05) is 26.0 Å². The summed E-state index contributed by atoms with van der Waals surface area (Å²) in [7, 11) is 0. The van der Waals surface area contributed by atoms with E-state index in [1.807, 2.05) is 13.8 Å². The Labute approximate surface area is 76.1 Å². The SMILES string of the molecule is CC(C)C1=C[CH]CC(C(F)(F)F)=C1. The minimum atomic E-state index is -4.18. The van der Waals surface area contributed by atoms with Gasteiger partial charge in [0.2, 0.25) is 0 Å². The van der Waals surface area contributed by atoms with Crippen molar-refractivity contribution in [1.82, 2.24) is 0 Å². The molecule has 0 aromatic heterocycles. The third-order valence-corrected chi connectivity index (χ3v) is 2.02. The van der Waals surface area contributed by atoms with E-state index in [4.69, 9.17) is 0 Å². The van der Waals surface area contributed by atoms with Crippen molar-refractivity contribution in [3.05, 3.63) is 29.7 Å². The lowest BCUT2D eigenvalue weighted by molar-refractivity contribution is -0.0933. The molecule has 0 heterocycles. The molecule has 0 bridgehead atoms. The molecule has 0 saturated carbocycles. The fourth-order valence-electron chi connectivity index (χ4n) is 1.19. The molecule has 0 spiro atoms. The third kappa shape index (κ3) is 2.61. The Hall–Kier alpha value is -0.730. The molecule has 1 radical (unpaired) electrons. The zero-order valence-electron chi connectivity index (χ0n) is 7.65. The minimum Gasteiger partial charge on any atom is -0.166 e. The molecule has 73 valence electrons. The molecule has 13 heavy (non-hydrogen) atoms. The van der Waals surface area contributed by atoms with Crippen molar-refractivity contribution in [3.63, 3.8) is 0 Å². The summed E-state index contributed by atoms with van der Waals surface area (Å²) in [4.78, 5) is 0. The summed E-state index contributed by atoms with van der Waals surface area (Å²) in [6.45, 7) is 3.77. The van der Waals surface area contributed by atoms with Gasteiger partial charge >= 0.3 is 6.18 Å². The first-order chi connectivity index (χ1) is 5.91. The Morgan fingerprint density at radius 3 is 2.38 bits per heavy atom. The van der Waals surface area contributed by atoms with E-state index in [-0.39, 0.29) is 12.3 Å². The van der Waals surface area contributed by atoms with Crippen LogP contribution in [0.5, 0.6) is 0 Å². The van der Waals surface area contributed by atoms with Crippen LogP contribution in [-0.4, -0.2) is 6.18 Å². The topological polar surface area (TPSA) is 0 Å². The lowest BCUT2D eigenvalue weighted by Crippen LogP contribution is -2.14. The van der Waals surface area contributed by atoms with Crippen molar-refractivity contribution < 1.29 is 13.2 Å². The second kappa shape index (κ2) is 3.56. The van der Waals surface area contributed by atoms with Crippen LogP contribution >= 0.6 is 0 Å². The molecule has 1 aliphatic rings. The van der Waals surface area contributed by atoms with E-state index >= 15 is 0 Å². The maximum absolute atomic E-state index is 12.3. The van der Waals surface area contributed by atoms with Crippen LogP contribution in [0.2, 0.25) is 0 Å². The number of hydrogen-bond acceptors (Lipinski definition) is 0. The van der Waals surface area contributed by atoms with Crippen LogP contribution in [0.1, 0.15) is 20.3 Å². The van der Waals surface area contributed by atoms with Gasteiger partial charge in [-0.15, -0.1) is 0 Å². The zero-order chi connectivity index (χ0) is 10.1. The second-order valence-electron chi connectivity index (χ2n) is 3.43. The van der Waals surface area contributed by atoms with Crippen LogP contribution in [0.15, 0.2) is 23.3 Å². The second-order valence-corrected chi connectivity index (χ2v) is 3.43. The fraction of sp³-hybridized carbons (Fsp3) is 0.500. The van der Waals surface area contributed by atoms with Crippen molar-refractivity contribution in [1.29, 1.82) is 0 Å². The van der Waals surface area contributed by atoms with Crippen LogP contribution in [0.4, 0.5) is 13.2 Å². The van der Waals surface area contributed by atoms with E-state index < -0.39 is 11.7 Å². The Bertz CT molecular complexity index is 243. The highest BCUT2D eigenvalue weighted by Gasteiger charge is 2.34. The molecule has 0 fully saturated rings. The molecule has 0 aliphatic heterocycles. The number of hydrogen-bond donors (Lipinski definition) is 0. The van der Waals surface area contributed by atoms with Crippen LogP contribution in [0, 0.1) is 12.3 Å². The molecule has 1 rings (SSSR count). The number of rotatable bonds is 1. The lowest BCUT2D eigenvalue weighted by atomic mass is 9.92. The minimum absolute atomic E-state index is 0.000278. The molecule has 0 saturated heterocycles. The zero-order valence-corrected chi connectivity index (χ0v) is 7.65. The molecule has 3 heteroatoms. The van der Waals surface area contributed by atoms with E-state index in [9.17, 15) is 13.2 Å². The molecule has 0 amide bonds. The molecule has 0 nitrogen and oxygen atoms in total. The number of allylic oxidation sites excluding steroid dienone is 4. The maximum atomic E-state index is 12.3. The molecule has 0 aromatic rings. The monoisotopic (exact) mass is 189 g/mol. The van der Waals surface area contributed by atoms with Gasteiger partial charge < -0.3 is 0 Å². The summed E-state index contributed by atoms with van der Waals surface area (Å²) < 4.78 is 36.8. The first kappa shape index (κ1) is 10.4. The Kier molecular flexibility index (Phi) is 2.84. The highest BCUT2D eigenvalue weighted by atomic mass is 19.4. The van der Waals surface area contributed by atoms with E-state index in [1.165, 1.54) is 6.08 Å². The molecule has 0 N–H and O–H groups in total. The third-order valence-electron chi connectivity index (χ3n) is 2.02. The van der Waals surface area contributed by atoms with Crippen LogP contribution in [-0.2, 0) is 0 Å². The summed E-state index contributed by atoms with van der Waals surface area (Å²) in [6, 6.07) is 0. The molecular formula is C10H12F3. The largest absolute Gasteiger partial charge is 0.412 e. The van der Waals surface area contributed by atoms with Gasteiger partial charge in [0.1, 0.15) is 0 Å². The summed E-state index contributed by atoms with van der Waals surface area (Å²) in [5.41, 5.74) is 0.303. The predicted octanol–water partition coefficient (Wildman–Crippen LogP) is 3.67. The smallest absolute Gasteiger partial charge is 0.166 e. The van der Waals surface area contributed by atoms with Gasteiger partial charge in [-0.2, -0.15) is 13.2 Å². The van der Waals surface area contributed by atoms with Crippen molar-refractivity contribution in [3.8, 4) is 0 Å². The van der Waals surface area contributed by atoms with Gasteiger partial charge in [0.15, 0.2) is 0 Å². The van der Waals surface area contributed by atoms with Crippen molar-refractivity contribution >= 4 is 0 Å². The van der Waals surface area contributed by atoms with Crippen LogP contribution in [0.3, 0.4) is 0 Å². The highest BCUT2D eigenvalue weighted by molar-refractivity contribution is 5.35. The van der Waals surface area contributed by atoms with Crippen LogP contribution in [0.25, 0.3) is 0 Å². The Balaban J connectivity index is 2.85. The predicted molar refractivity (Wildman–Crippen MR) is 46.0 cm³/mol.